The maximum absolute atomic E-state index is 12.6. The highest BCUT2D eigenvalue weighted by molar-refractivity contribution is 5.94. The monoisotopic (exact) mass is 367 g/mol. The SMILES string of the molecule is COc1cncc(OC2CCN(C(=O)c3ccc(C(F)(F)F)cc3)C2)n1. The number of carbonyl (C=O) groups is 1. The Labute approximate surface area is 147 Å². The Hall–Kier alpha value is -2.84. The van der Waals surface area contributed by atoms with E-state index in [0.717, 1.165) is 12.1 Å². The number of alkyl halides is 3. The van der Waals surface area contributed by atoms with E-state index in [9.17, 15) is 18.0 Å². The molecule has 1 aliphatic heterocycles. The number of methoxy groups -OCH3 is 1. The van der Waals surface area contributed by atoms with Crippen molar-refractivity contribution in [3.63, 3.8) is 0 Å². The van der Waals surface area contributed by atoms with Gasteiger partial charge >= 0.3 is 6.18 Å². The molecule has 1 saturated heterocycles. The molecule has 26 heavy (non-hydrogen) atoms. The van der Waals surface area contributed by atoms with Gasteiger partial charge in [0, 0.05) is 18.5 Å². The number of amides is 1. The van der Waals surface area contributed by atoms with Crippen molar-refractivity contribution >= 4 is 5.91 Å². The van der Waals surface area contributed by atoms with Crippen LogP contribution in [-0.2, 0) is 6.18 Å². The highest BCUT2D eigenvalue weighted by atomic mass is 19.4. The molecule has 1 amide bonds. The largest absolute Gasteiger partial charge is 0.480 e. The summed E-state index contributed by atoms with van der Waals surface area (Å²) in [6, 6.07) is 4.19. The molecular weight excluding hydrogens is 351 g/mol. The number of nitrogens with zero attached hydrogens (tertiary/aromatic N) is 3. The molecule has 1 aliphatic rings. The van der Waals surface area contributed by atoms with E-state index in [2.05, 4.69) is 9.97 Å². The van der Waals surface area contributed by atoms with Crippen LogP contribution in [0.5, 0.6) is 11.8 Å². The lowest BCUT2D eigenvalue weighted by molar-refractivity contribution is -0.137. The van der Waals surface area contributed by atoms with Gasteiger partial charge < -0.3 is 14.4 Å². The van der Waals surface area contributed by atoms with Crippen LogP contribution in [0.1, 0.15) is 22.3 Å². The topological polar surface area (TPSA) is 64.6 Å². The Morgan fingerprint density at radius 1 is 1.19 bits per heavy atom. The van der Waals surface area contributed by atoms with E-state index in [0.29, 0.717) is 25.4 Å². The highest BCUT2D eigenvalue weighted by Gasteiger charge is 2.32. The van der Waals surface area contributed by atoms with E-state index in [1.165, 1.54) is 31.6 Å². The third-order valence-electron chi connectivity index (χ3n) is 3.98. The van der Waals surface area contributed by atoms with Crippen LogP contribution < -0.4 is 9.47 Å². The van der Waals surface area contributed by atoms with Gasteiger partial charge in [0.05, 0.1) is 31.6 Å². The fraction of sp³-hybridized carbons (Fsp3) is 0.353. The molecule has 1 unspecified atom stereocenters. The molecular formula is C17H16F3N3O3. The predicted octanol–water partition coefficient (Wildman–Crippen LogP) is 2.80. The van der Waals surface area contributed by atoms with Gasteiger partial charge in [-0.25, -0.2) is 0 Å². The minimum atomic E-state index is -4.42. The quantitative estimate of drug-likeness (QED) is 0.832. The van der Waals surface area contributed by atoms with Crippen LogP contribution >= 0.6 is 0 Å². The van der Waals surface area contributed by atoms with Gasteiger partial charge in [0.25, 0.3) is 5.91 Å². The van der Waals surface area contributed by atoms with Gasteiger partial charge in [-0.15, -0.1) is 0 Å². The van der Waals surface area contributed by atoms with Crippen molar-refractivity contribution in [1.29, 1.82) is 0 Å². The zero-order valence-electron chi connectivity index (χ0n) is 13.9. The molecule has 0 bridgehead atoms. The second-order valence-corrected chi connectivity index (χ2v) is 5.75. The highest BCUT2D eigenvalue weighted by Crippen LogP contribution is 2.29. The van der Waals surface area contributed by atoms with Crippen LogP contribution in [0, 0.1) is 0 Å². The van der Waals surface area contributed by atoms with Crippen molar-refractivity contribution in [2.24, 2.45) is 0 Å². The number of hydrogen-bond acceptors (Lipinski definition) is 5. The second kappa shape index (κ2) is 7.19. The van der Waals surface area contributed by atoms with Crippen molar-refractivity contribution < 1.29 is 27.4 Å². The van der Waals surface area contributed by atoms with E-state index in [4.69, 9.17) is 9.47 Å². The number of likely N-dealkylation sites (tertiary alicyclic amines) is 1. The third kappa shape index (κ3) is 4.04. The van der Waals surface area contributed by atoms with Crippen molar-refractivity contribution in [2.75, 3.05) is 20.2 Å². The zero-order chi connectivity index (χ0) is 18.7. The van der Waals surface area contributed by atoms with E-state index in [1.807, 2.05) is 0 Å². The van der Waals surface area contributed by atoms with Crippen LogP contribution in [0.15, 0.2) is 36.7 Å². The Bertz CT molecular complexity index is 781. The molecule has 0 spiro atoms. The van der Waals surface area contributed by atoms with Gasteiger partial charge in [-0.05, 0) is 24.3 Å². The Morgan fingerprint density at radius 2 is 1.88 bits per heavy atom. The first kappa shape index (κ1) is 18.0. The summed E-state index contributed by atoms with van der Waals surface area (Å²) in [5, 5.41) is 0. The number of ether oxygens (including phenoxy) is 2. The molecule has 1 aromatic heterocycles. The van der Waals surface area contributed by atoms with Gasteiger partial charge in [-0.1, -0.05) is 0 Å². The average Bonchev–Trinajstić information content (AvgIpc) is 3.09. The first-order chi connectivity index (χ1) is 12.4. The number of aromatic nitrogens is 2. The fourth-order valence-corrected chi connectivity index (χ4v) is 2.65. The Kier molecular flexibility index (Phi) is 4.97. The number of benzene rings is 1. The molecule has 0 saturated carbocycles. The first-order valence-electron chi connectivity index (χ1n) is 7.86. The summed E-state index contributed by atoms with van der Waals surface area (Å²) in [7, 11) is 1.47. The molecule has 0 aliphatic carbocycles. The molecule has 1 atom stereocenters. The summed E-state index contributed by atoms with van der Waals surface area (Å²) in [5.41, 5.74) is -0.576. The van der Waals surface area contributed by atoms with E-state index < -0.39 is 11.7 Å². The standard InChI is InChI=1S/C17H16F3N3O3/c1-25-14-8-21-9-15(22-14)26-13-6-7-23(10-13)16(24)11-2-4-12(5-3-11)17(18,19)20/h2-5,8-9,13H,6-7,10H2,1H3. The average molecular weight is 367 g/mol. The molecule has 0 radical (unpaired) electrons. The summed E-state index contributed by atoms with van der Waals surface area (Å²) in [5.74, 6) is 0.276. The van der Waals surface area contributed by atoms with Crippen molar-refractivity contribution in [1.82, 2.24) is 14.9 Å². The van der Waals surface area contributed by atoms with E-state index in [1.54, 1.807) is 4.90 Å². The Balaban J connectivity index is 1.62. The van der Waals surface area contributed by atoms with Gasteiger partial charge in [0.2, 0.25) is 11.8 Å². The molecule has 9 heteroatoms. The van der Waals surface area contributed by atoms with Gasteiger partial charge in [-0.2, -0.15) is 18.2 Å². The second-order valence-electron chi connectivity index (χ2n) is 5.75. The molecule has 1 aromatic carbocycles. The van der Waals surface area contributed by atoms with Crippen molar-refractivity contribution in [3.8, 4) is 11.8 Å². The number of carbonyl (C=O) groups excluding carboxylic acids is 1. The minimum absolute atomic E-state index is 0.208. The minimum Gasteiger partial charge on any atom is -0.480 e. The number of hydrogen-bond donors (Lipinski definition) is 0. The van der Waals surface area contributed by atoms with Crippen LogP contribution in [0.3, 0.4) is 0 Å². The lowest BCUT2D eigenvalue weighted by Crippen LogP contribution is -2.31. The molecule has 2 aromatic rings. The Morgan fingerprint density at radius 3 is 2.54 bits per heavy atom. The number of rotatable bonds is 4. The van der Waals surface area contributed by atoms with Gasteiger partial charge in [0.15, 0.2) is 0 Å². The summed E-state index contributed by atoms with van der Waals surface area (Å²) < 4.78 is 48.5. The molecule has 0 N–H and O–H groups in total. The van der Waals surface area contributed by atoms with Crippen molar-refractivity contribution in [2.45, 2.75) is 18.7 Å². The van der Waals surface area contributed by atoms with Gasteiger partial charge in [-0.3, -0.25) is 9.78 Å². The van der Waals surface area contributed by atoms with Crippen LogP contribution in [0.2, 0.25) is 0 Å². The summed E-state index contributed by atoms with van der Waals surface area (Å²) in [6.45, 7) is 0.765. The predicted molar refractivity (Wildman–Crippen MR) is 85.0 cm³/mol. The summed E-state index contributed by atoms with van der Waals surface area (Å²) >= 11 is 0. The maximum atomic E-state index is 12.6. The molecule has 3 rings (SSSR count). The lowest BCUT2D eigenvalue weighted by atomic mass is 10.1. The molecule has 6 nitrogen and oxygen atoms in total. The molecule has 2 heterocycles. The number of halogens is 3. The molecule has 1 fully saturated rings. The normalized spacial score (nSPS) is 17.2. The van der Waals surface area contributed by atoms with E-state index in [-0.39, 0.29) is 23.5 Å². The maximum Gasteiger partial charge on any atom is 0.416 e. The first-order valence-corrected chi connectivity index (χ1v) is 7.86. The van der Waals surface area contributed by atoms with E-state index >= 15 is 0 Å². The fourth-order valence-electron chi connectivity index (χ4n) is 2.65. The summed E-state index contributed by atoms with van der Waals surface area (Å²) in [4.78, 5) is 22.0. The van der Waals surface area contributed by atoms with Crippen LogP contribution in [0.25, 0.3) is 0 Å². The van der Waals surface area contributed by atoms with Crippen LogP contribution in [0.4, 0.5) is 13.2 Å². The van der Waals surface area contributed by atoms with Crippen LogP contribution in [-0.4, -0.2) is 47.1 Å². The smallest absolute Gasteiger partial charge is 0.416 e. The van der Waals surface area contributed by atoms with Crippen molar-refractivity contribution in [3.05, 3.63) is 47.8 Å². The van der Waals surface area contributed by atoms with Gasteiger partial charge in [0.1, 0.15) is 6.10 Å². The zero-order valence-corrected chi connectivity index (χ0v) is 13.9. The molecule has 138 valence electrons. The third-order valence-corrected chi connectivity index (χ3v) is 3.98. The lowest BCUT2D eigenvalue weighted by Gasteiger charge is -2.17. The summed E-state index contributed by atoms with van der Waals surface area (Å²) in [6.07, 6.45) is -1.21.